The Morgan fingerprint density at radius 1 is 1.50 bits per heavy atom. The van der Waals surface area contributed by atoms with Crippen LogP contribution in [0.4, 0.5) is 0 Å². The lowest BCUT2D eigenvalue weighted by Gasteiger charge is -2.48. The molecule has 1 fully saturated rings. The van der Waals surface area contributed by atoms with E-state index in [1.165, 1.54) is 28.4 Å². The lowest BCUT2D eigenvalue weighted by molar-refractivity contribution is -0.147. The van der Waals surface area contributed by atoms with Gasteiger partial charge in [0, 0.05) is 11.5 Å². The van der Waals surface area contributed by atoms with Crippen molar-refractivity contribution in [3.05, 3.63) is 35.5 Å². The number of hydrogen-bond donors (Lipinski definition) is 3. The third kappa shape index (κ3) is 2.40. The number of β-lactam (4-membered cyclic amide) rings is 1. The number of thioether (sulfide) groups is 2. The molecule has 0 bridgehead atoms. The zero-order valence-electron chi connectivity index (χ0n) is 12.4. The van der Waals surface area contributed by atoms with Gasteiger partial charge in [-0.25, -0.2) is 9.78 Å². The molecule has 2 aliphatic rings. The fourth-order valence-corrected chi connectivity index (χ4v) is 5.16. The smallest absolute Gasteiger partial charge is 0.352 e. The molecule has 1 unspecified atom stereocenters. The van der Waals surface area contributed by atoms with Gasteiger partial charge in [-0.05, 0) is 17.7 Å². The number of carbonyl (C=O) groups excluding carboxylic acids is 1. The summed E-state index contributed by atoms with van der Waals surface area (Å²) in [7, 11) is 0. The highest BCUT2D eigenvalue weighted by molar-refractivity contribution is 8.01. The summed E-state index contributed by atoms with van der Waals surface area (Å²) in [5.74, 6) is -0.395. The monoisotopic (exact) mass is 362 g/mol. The van der Waals surface area contributed by atoms with E-state index >= 15 is 0 Å². The standard InChI is InChI=1S/C15H14N4O3S2/c16-10-12(20)19-11(14(21)22)7(5-23-13(10)19)6-24-15-17-8-3-1-2-4-9(8)18-15/h1-4,10,13H,5-6,16H2,(H,17,18)(H,21,22)/t10?,13-/m1/s1. The van der Waals surface area contributed by atoms with E-state index in [1.807, 2.05) is 24.3 Å². The first-order valence-electron chi connectivity index (χ1n) is 7.29. The van der Waals surface area contributed by atoms with E-state index < -0.39 is 12.0 Å². The highest BCUT2D eigenvalue weighted by atomic mass is 32.2. The van der Waals surface area contributed by atoms with Crippen LogP contribution in [0.15, 0.2) is 40.7 Å². The number of fused-ring (bicyclic) bond motifs is 2. The van der Waals surface area contributed by atoms with E-state index in [2.05, 4.69) is 9.97 Å². The first-order valence-corrected chi connectivity index (χ1v) is 9.33. The van der Waals surface area contributed by atoms with Crippen molar-refractivity contribution in [2.45, 2.75) is 16.6 Å². The molecule has 24 heavy (non-hydrogen) atoms. The molecular formula is C15H14N4O3S2. The van der Waals surface area contributed by atoms with Crippen molar-refractivity contribution < 1.29 is 14.7 Å². The summed E-state index contributed by atoms with van der Waals surface area (Å²) in [6.07, 6.45) is 0. The molecule has 2 aromatic rings. The second kappa shape index (κ2) is 5.83. The number of carbonyl (C=O) groups is 2. The number of amides is 1. The topological polar surface area (TPSA) is 112 Å². The second-order valence-electron chi connectivity index (χ2n) is 5.54. The van der Waals surface area contributed by atoms with Gasteiger partial charge in [0.2, 0.25) is 5.91 Å². The van der Waals surface area contributed by atoms with Gasteiger partial charge in [0.05, 0.1) is 11.0 Å². The molecule has 0 spiro atoms. The van der Waals surface area contributed by atoms with Crippen molar-refractivity contribution in [3.63, 3.8) is 0 Å². The molecule has 2 atom stereocenters. The van der Waals surface area contributed by atoms with Crippen molar-refractivity contribution >= 4 is 46.4 Å². The van der Waals surface area contributed by atoms with Crippen molar-refractivity contribution in [2.24, 2.45) is 5.73 Å². The number of carboxylic acid groups (broad SMARTS) is 1. The molecule has 2 aliphatic heterocycles. The molecule has 1 amide bonds. The Morgan fingerprint density at radius 2 is 2.29 bits per heavy atom. The number of nitrogens with one attached hydrogen (secondary N) is 1. The minimum absolute atomic E-state index is 0.0778. The summed E-state index contributed by atoms with van der Waals surface area (Å²) < 4.78 is 0. The Hall–Kier alpha value is -1.97. The highest BCUT2D eigenvalue weighted by Gasteiger charge is 2.51. The van der Waals surface area contributed by atoms with Crippen LogP contribution >= 0.6 is 23.5 Å². The van der Waals surface area contributed by atoms with E-state index in [1.54, 1.807) is 0 Å². The number of hydrogen-bond acceptors (Lipinski definition) is 6. The van der Waals surface area contributed by atoms with Crippen molar-refractivity contribution in [1.82, 2.24) is 14.9 Å². The molecule has 1 aromatic carbocycles. The van der Waals surface area contributed by atoms with Gasteiger partial charge in [-0.2, -0.15) is 0 Å². The molecule has 0 radical (unpaired) electrons. The summed E-state index contributed by atoms with van der Waals surface area (Å²) in [6, 6.07) is 7.10. The van der Waals surface area contributed by atoms with Gasteiger partial charge in [-0.3, -0.25) is 9.69 Å². The quantitative estimate of drug-likeness (QED) is 0.554. The minimum Gasteiger partial charge on any atom is -0.477 e. The maximum atomic E-state index is 11.9. The number of carboxylic acids is 1. The molecule has 1 saturated heterocycles. The van der Waals surface area contributed by atoms with Crippen molar-refractivity contribution in [2.75, 3.05) is 11.5 Å². The second-order valence-corrected chi connectivity index (χ2v) is 7.61. The molecule has 7 nitrogen and oxygen atoms in total. The SMILES string of the molecule is NC1C(=O)N2C(C(=O)O)=C(CSc3nc4ccccc4[nH]3)CS[C@H]12. The fraction of sp³-hybridized carbons (Fsp3) is 0.267. The fourth-order valence-electron chi connectivity index (χ4n) is 2.84. The molecule has 3 heterocycles. The predicted molar refractivity (Wildman–Crippen MR) is 92.5 cm³/mol. The minimum atomic E-state index is -1.08. The molecule has 0 saturated carbocycles. The van der Waals surface area contributed by atoms with Crippen LogP contribution in [0.5, 0.6) is 0 Å². The van der Waals surface area contributed by atoms with Crippen LogP contribution in [0.1, 0.15) is 0 Å². The van der Waals surface area contributed by atoms with Gasteiger partial charge in [-0.1, -0.05) is 23.9 Å². The van der Waals surface area contributed by atoms with Gasteiger partial charge in [0.1, 0.15) is 17.1 Å². The number of H-pyrrole nitrogens is 1. The predicted octanol–water partition coefficient (Wildman–Crippen LogP) is 1.24. The summed E-state index contributed by atoms with van der Waals surface area (Å²) in [6.45, 7) is 0. The summed E-state index contributed by atoms with van der Waals surface area (Å²) in [4.78, 5) is 32.5. The van der Waals surface area contributed by atoms with Crippen LogP contribution < -0.4 is 5.73 Å². The van der Waals surface area contributed by atoms with Crippen LogP contribution in [-0.4, -0.2) is 54.8 Å². The molecular weight excluding hydrogens is 348 g/mol. The van der Waals surface area contributed by atoms with E-state index in [9.17, 15) is 14.7 Å². The molecule has 9 heteroatoms. The number of aliphatic carboxylic acids is 1. The van der Waals surface area contributed by atoms with E-state index in [4.69, 9.17) is 5.73 Å². The number of aromatic nitrogens is 2. The normalized spacial score (nSPS) is 23.4. The van der Waals surface area contributed by atoms with Crippen molar-refractivity contribution in [1.29, 1.82) is 0 Å². The molecule has 4 N–H and O–H groups in total. The first kappa shape index (κ1) is 15.6. The van der Waals surface area contributed by atoms with Crippen LogP contribution in [0.3, 0.4) is 0 Å². The summed E-state index contributed by atoms with van der Waals surface area (Å²) in [5.41, 5.74) is 8.35. The van der Waals surface area contributed by atoms with Gasteiger partial charge >= 0.3 is 5.97 Å². The van der Waals surface area contributed by atoms with Crippen LogP contribution in [-0.2, 0) is 9.59 Å². The average molecular weight is 362 g/mol. The number of para-hydroxylation sites is 2. The Morgan fingerprint density at radius 3 is 3.04 bits per heavy atom. The Bertz CT molecular complexity index is 845. The number of rotatable bonds is 4. The number of aromatic amines is 1. The van der Waals surface area contributed by atoms with Crippen molar-refractivity contribution in [3.8, 4) is 0 Å². The van der Waals surface area contributed by atoms with Gasteiger partial charge in [-0.15, -0.1) is 11.8 Å². The number of nitrogens with two attached hydrogens (primary N) is 1. The maximum absolute atomic E-state index is 11.9. The third-order valence-corrected chi connectivity index (χ3v) is 6.36. The zero-order valence-corrected chi connectivity index (χ0v) is 14.1. The molecule has 0 aliphatic carbocycles. The molecule has 124 valence electrons. The summed E-state index contributed by atoms with van der Waals surface area (Å²) in [5, 5.41) is 9.98. The largest absolute Gasteiger partial charge is 0.477 e. The lowest BCUT2D eigenvalue weighted by Crippen LogP contribution is -2.68. The van der Waals surface area contributed by atoms with Gasteiger partial charge in [0.25, 0.3) is 0 Å². The Balaban J connectivity index is 1.58. The number of imidazole rings is 1. The Kier molecular flexibility index (Phi) is 3.78. The van der Waals surface area contributed by atoms with E-state index in [0.717, 1.165) is 21.8 Å². The van der Waals surface area contributed by atoms with Crippen LogP contribution in [0.2, 0.25) is 0 Å². The van der Waals surface area contributed by atoms with E-state index in [-0.39, 0.29) is 17.0 Å². The first-order chi connectivity index (χ1) is 11.6. The number of benzene rings is 1. The molecule has 4 rings (SSSR count). The number of nitrogens with zero attached hydrogens (tertiary/aromatic N) is 2. The molecule has 1 aromatic heterocycles. The lowest BCUT2D eigenvalue weighted by atomic mass is 10.0. The highest BCUT2D eigenvalue weighted by Crippen LogP contribution is 2.40. The van der Waals surface area contributed by atoms with Crippen LogP contribution in [0.25, 0.3) is 11.0 Å². The maximum Gasteiger partial charge on any atom is 0.352 e. The van der Waals surface area contributed by atoms with Gasteiger partial charge < -0.3 is 15.8 Å². The van der Waals surface area contributed by atoms with Gasteiger partial charge in [0.15, 0.2) is 5.16 Å². The van der Waals surface area contributed by atoms with Crippen LogP contribution in [0, 0.1) is 0 Å². The van der Waals surface area contributed by atoms with E-state index in [0.29, 0.717) is 11.5 Å². The Labute approximate surface area is 145 Å². The summed E-state index contributed by atoms with van der Waals surface area (Å²) >= 11 is 2.94. The average Bonchev–Trinajstić information content (AvgIpc) is 3.01. The zero-order chi connectivity index (χ0) is 16.8. The third-order valence-electron chi connectivity index (χ3n) is 4.04.